The van der Waals surface area contributed by atoms with Gasteiger partial charge in [0.15, 0.2) is 12.4 Å². The molecule has 0 radical (unpaired) electrons. The molecule has 1 atom stereocenters. The molecular formula is C16H21N5O2S. The Hall–Kier alpha value is -2.35. The number of carbonyl (C=O) groups is 1. The highest BCUT2D eigenvalue weighted by Crippen LogP contribution is 2.24. The molecule has 2 aromatic rings. The van der Waals surface area contributed by atoms with Gasteiger partial charge in [-0.2, -0.15) is 15.0 Å². The van der Waals surface area contributed by atoms with Crippen LogP contribution in [0.15, 0.2) is 29.2 Å². The topological polar surface area (TPSA) is 94.2 Å². The van der Waals surface area contributed by atoms with Gasteiger partial charge in [-0.15, -0.1) is 11.8 Å². The summed E-state index contributed by atoms with van der Waals surface area (Å²) < 4.78 is 5.29. The van der Waals surface area contributed by atoms with Gasteiger partial charge in [0.25, 0.3) is 0 Å². The molecule has 0 fully saturated rings. The molecular weight excluding hydrogens is 326 g/mol. The Kier molecular flexibility index (Phi) is 5.97. The first-order valence-corrected chi connectivity index (χ1v) is 8.31. The molecule has 7 nitrogen and oxygen atoms in total. The van der Waals surface area contributed by atoms with Gasteiger partial charge < -0.3 is 15.4 Å². The number of hydrogen-bond donors (Lipinski definition) is 1. The van der Waals surface area contributed by atoms with Gasteiger partial charge >= 0.3 is 5.97 Å². The third-order valence-electron chi connectivity index (χ3n) is 3.10. The largest absolute Gasteiger partial charge is 0.457 e. The number of ether oxygens (including phenoxy) is 1. The maximum atomic E-state index is 12.1. The van der Waals surface area contributed by atoms with Crippen LogP contribution in [-0.4, -0.2) is 40.3 Å². The van der Waals surface area contributed by atoms with Gasteiger partial charge in [0.05, 0.1) is 0 Å². The predicted molar refractivity (Wildman–Crippen MR) is 94.9 cm³/mol. The van der Waals surface area contributed by atoms with Crippen LogP contribution in [0.1, 0.15) is 18.3 Å². The van der Waals surface area contributed by atoms with Crippen molar-refractivity contribution < 1.29 is 9.53 Å². The van der Waals surface area contributed by atoms with Crippen molar-refractivity contribution in [2.45, 2.75) is 30.6 Å². The zero-order chi connectivity index (χ0) is 17.7. The molecule has 0 saturated carbocycles. The lowest BCUT2D eigenvalue weighted by Gasteiger charge is -2.13. The number of aryl methyl sites for hydroxylation is 1. The number of thioether (sulfide) groups is 1. The Bertz CT molecular complexity index is 706. The fourth-order valence-electron chi connectivity index (χ4n) is 1.81. The fourth-order valence-corrected chi connectivity index (χ4v) is 2.68. The standard InChI is InChI=1S/C16H21N5O2S/c1-10-5-7-12(8-6-10)24-11(2)14(22)23-9-13-18-15(17)20-16(19-13)21(3)4/h5-8,11H,9H2,1-4H3,(H2,17,18,19,20)/t11-/m1/s1. The smallest absolute Gasteiger partial charge is 0.319 e. The molecule has 8 heteroatoms. The summed E-state index contributed by atoms with van der Waals surface area (Å²) in [6, 6.07) is 7.99. The van der Waals surface area contributed by atoms with Crippen molar-refractivity contribution in [2.24, 2.45) is 0 Å². The lowest BCUT2D eigenvalue weighted by molar-refractivity contribution is -0.144. The second-order valence-electron chi connectivity index (χ2n) is 5.49. The Labute approximate surface area is 145 Å². The number of aromatic nitrogens is 3. The maximum absolute atomic E-state index is 12.1. The monoisotopic (exact) mass is 347 g/mol. The summed E-state index contributed by atoms with van der Waals surface area (Å²) in [6.07, 6.45) is 0. The summed E-state index contributed by atoms with van der Waals surface area (Å²) >= 11 is 1.45. The minimum Gasteiger partial charge on any atom is -0.457 e. The van der Waals surface area contributed by atoms with Gasteiger partial charge in [-0.05, 0) is 26.0 Å². The Morgan fingerprint density at radius 3 is 2.54 bits per heavy atom. The number of anilines is 2. The molecule has 0 aliphatic carbocycles. The van der Waals surface area contributed by atoms with Gasteiger partial charge in [-0.1, -0.05) is 17.7 Å². The second kappa shape index (κ2) is 7.96. The molecule has 128 valence electrons. The average molecular weight is 347 g/mol. The van der Waals surface area contributed by atoms with Crippen molar-refractivity contribution in [3.8, 4) is 0 Å². The second-order valence-corrected chi connectivity index (χ2v) is 6.90. The number of benzene rings is 1. The predicted octanol–water partition coefficient (Wildman–Crippen LogP) is 2.05. The molecule has 0 bridgehead atoms. The normalized spacial score (nSPS) is 11.8. The van der Waals surface area contributed by atoms with Crippen LogP contribution >= 0.6 is 11.8 Å². The molecule has 0 unspecified atom stereocenters. The first kappa shape index (κ1) is 18.0. The van der Waals surface area contributed by atoms with Crippen molar-refractivity contribution in [3.05, 3.63) is 35.7 Å². The van der Waals surface area contributed by atoms with Crippen molar-refractivity contribution in [1.29, 1.82) is 0 Å². The highest BCUT2D eigenvalue weighted by atomic mass is 32.2. The van der Waals surface area contributed by atoms with Crippen LogP contribution in [0.2, 0.25) is 0 Å². The lowest BCUT2D eigenvalue weighted by Crippen LogP contribution is -2.19. The van der Waals surface area contributed by atoms with Crippen molar-refractivity contribution in [2.75, 3.05) is 24.7 Å². The minimum atomic E-state index is -0.333. The lowest BCUT2D eigenvalue weighted by atomic mass is 10.2. The molecule has 1 aromatic heterocycles. The Morgan fingerprint density at radius 2 is 1.92 bits per heavy atom. The van der Waals surface area contributed by atoms with Gasteiger partial charge in [-0.25, -0.2) is 0 Å². The molecule has 1 aromatic carbocycles. The van der Waals surface area contributed by atoms with E-state index < -0.39 is 0 Å². The SMILES string of the molecule is Cc1ccc(S[C@H](C)C(=O)OCc2nc(N)nc(N(C)C)n2)cc1. The van der Waals surface area contributed by atoms with Gasteiger partial charge in [-0.3, -0.25) is 4.79 Å². The van der Waals surface area contributed by atoms with Crippen molar-refractivity contribution in [1.82, 2.24) is 15.0 Å². The van der Waals surface area contributed by atoms with Crippen LogP contribution in [0.3, 0.4) is 0 Å². The highest BCUT2D eigenvalue weighted by Gasteiger charge is 2.17. The Balaban J connectivity index is 1.93. The van der Waals surface area contributed by atoms with Crippen LogP contribution in [0, 0.1) is 6.92 Å². The number of hydrogen-bond acceptors (Lipinski definition) is 8. The molecule has 0 saturated heterocycles. The van der Waals surface area contributed by atoms with E-state index in [4.69, 9.17) is 10.5 Å². The first-order valence-electron chi connectivity index (χ1n) is 7.43. The van der Waals surface area contributed by atoms with E-state index in [2.05, 4.69) is 15.0 Å². The number of carbonyl (C=O) groups excluding carboxylic acids is 1. The molecule has 0 amide bonds. The summed E-state index contributed by atoms with van der Waals surface area (Å²) in [4.78, 5) is 27.0. The number of esters is 1. The van der Waals surface area contributed by atoms with E-state index in [0.29, 0.717) is 11.8 Å². The third kappa shape index (κ3) is 5.09. The summed E-state index contributed by atoms with van der Waals surface area (Å²) in [6.45, 7) is 3.79. The number of nitrogens with two attached hydrogens (primary N) is 1. The van der Waals surface area contributed by atoms with Crippen LogP contribution in [0.4, 0.5) is 11.9 Å². The molecule has 0 spiro atoms. The van der Waals surface area contributed by atoms with Crippen LogP contribution < -0.4 is 10.6 Å². The van der Waals surface area contributed by atoms with E-state index >= 15 is 0 Å². The van der Waals surface area contributed by atoms with Gasteiger partial charge in [0.1, 0.15) is 5.25 Å². The number of rotatable bonds is 6. The van der Waals surface area contributed by atoms with E-state index in [1.54, 1.807) is 25.9 Å². The van der Waals surface area contributed by atoms with Crippen LogP contribution in [-0.2, 0) is 16.1 Å². The maximum Gasteiger partial charge on any atom is 0.319 e. The van der Waals surface area contributed by atoms with E-state index in [9.17, 15) is 4.79 Å². The van der Waals surface area contributed by atoms with E-state index in [1.165, 1.54) is 17.3 Å². The molecule has 2 N–H and O–H groups in total. The zero-order valence-corrected chi connectivity index (χ0v) is 15.0. The fraction of sp³-hybridized carbons (Fsp3) is 0.375. The average Bonchev–Trinajstić information content (AvgIpc) is 2.54. The quantitative estimate of drug-likeness (QED) is 0.627. The van der Waals surface area contributed by atoms with E-state index in [-0.39, 0.29) is 23.8 Å². The van der Waals surface area contributed by atoms with Gasteiger partial charge in [0.2, 0.25) is 11.9 Å². The van der Waals surface area contributed by atoms with Crippen molar-refractivity contribution in [3.63, 3.8) is 0 Å². The molecule has 0 aliphatic rings. The van der Waals surface area contributed by atoms with Crippen LogP contribution in [0.5, 0.6) is 0 Å². The molecule has 24 heavy (non-hydrogen) atoms. The molecule has 1 heterocycles. The summed E-state index contributed by atoms with van der Waals surface area (Å²) in [5.41, 5.74) is 6.82. The van der Waals surface area contributed by atoms with Crippen molar-refractivity contribution >= 4 is 29.6 Å². The third-order valence-corrected chi connectivity index (χ3v) is 4.19. The minimum absolute atomic E-state index is 0.0365. The van der Waals surface area contributed by atoms with Crippen LogP contribution in [0.25, 0.3) is 0 Å². The molecule has 0 aliphatic heterocycles. The van der Waals surface area contributed by atoms with E-state index in [0.717, 1.165) is 4.90 Å². The summed E-state index contributed by atoms with van der Waals surface area (Å²) in [5.74, 6) is 0.524. The van der Waals surface area contributed by atoms with Gasteiger partial charge in [0, 0.05) is 19.0 Å². The highest BCUT2D eigenvalue weighted by molar-refractivity contribution is 8.00. The van der Waals surface area contributed by atoms with E-state index in [1.807, 2.05) is 31.2 Å². The number of nitrogens with zero attached hydrogens (tertiary/aromatic N) is 4. The molecule has 2 rings (SSSR count). The summed E-state index contributed by atoms with van der Waals surface area (Å²) in [5, 5.41) is -0.333. The first-order chi connectivity index (χ1) is 11.3. The zero-order valence-electron chi connectivity index (χ0n) is 14.2. The Morgan fingerprint density at radius 1 is 1.25 bits per heavy atom. The number of nitrogen functional groups attached to an aromatic ring is 1. The summed E-state index contributed by atoms with van der Waals surface area (Å²) in [7, 11) is 3.59.